The van der Waals surface area contributed by atoms with E-state index in [-0.39, 0.29) is 0 Å². The molecule has 0 saturated heterocycles. The molecule has 2 heterocycles. The Kier molecular flexibility index (Phi) is 4.33. The van der Waals surface area contributed by atoms with Gasteiger partial charge in [0.2, 0.25) is 0 Å². The highest BCUT2D eigenvalue weighted by Gasteiger charge is 2.07. The Morgan fingerprint density at radius 1 is 1.33 bits per heavy atom. The molecule has 2 aromatic rings. The third-order valence-electron chi connectivity index (χ3n) is 2.63. The van der Waals surface area contributed by atoms with Gasteiger partial charge in [0.05, 0.1) is 0 Å². The predicted molar refractivity (Wildman–Crippen MR) is 71.5 cm³/mol. The zero-order valence-corrected chi connectivity index (χ0v) is 11.7. The molecule has 0 saturated carbocycles. The number of rotatable bonds is 5. The van der Waals surface area contributed by atoms with Crippen LogP contribution in [0.3, 0.4) is 0 Å². The van der Waals surface area contributed by atoms with Crippen LogP contribution in [0.4, 0.5) is 0 Å². The molecule has 5 nitrogen and oxygen atoms in total. The van der Waals surface area contributed by atoms with E-state index in [4.69, 9.17) is 0 Å². The first-order chi connectivity index (χ1) is 8.70. The summed E-state index contributed by atoms with van der Waals surface area (Å²) < 4.78 is 1.96. The van der Waals surface area contributed by atoms with E-state index in [1.165, 1.54) is 17.3 Å². The van der Waals surface area contributed by atoms with Crippen molar-refractivity contribution in [3.05, 3.63) is 29.7 Å². The van der Waals surface area contributed by atoms with Crippen molar-refractivity contribution in [2.24, 2.45) is 7.05 Å². The van der Waals surface area contributed by atoms with Crippen LogP contribution in [0.1, 0.15) is 18.3 Å². The Hall–Kier alpha value is -1.40. The van der Waals surface area contributed by atoms with Crippen LogP contribution in [-0.2, 0) is 13.6 Å². The number of nitrogens with zero attached hydrogens (tertiary/aromatic N) is 4. The molecule has 0 fully saturated rings. The first-order valence-electron chi connectivity index (χ1n) is 5.90. The molecule has 0 spiro atoms. The monoisotopic (exact) mass is 263 g/mol. The number of nitrogens with one attached hydrogen (secondary N) is 1. The van der Waals surface area contributed by atoms with Crippen LogP contribution in [0.15, 0.2) is 28.5 Å². The second-order valence-electron chi connectivity index (χ2n) is 3.98. The Morgan fingerprint density at radius 3 is 2.72 bits per heavy atom. The minimum atomic E-state index is 0.859. The van der Waals surface area contributed by atoms with Gasteiger partial charge in [-0.3, -0.25) is 0 Å². The van der Waals surface area contributed by atoms with Crippen molar-refractivity contribution in [2.45, 2.75) is 30.6 Å². The highest BCUT2D eigenvalue weighted by Crippen LogP contribution is 2.23. The molecule has 0 atom stereocenters. The smallest absolute Gasteiger partial charge is 0.197 e. The number of aryl methyl sites for hydroxylation is 1. The molecule has 0 aromatic carbocycles. The molecule has 0 aliphatic carbocycles. The molecule has 0 bridgehead atoms. The largest absolute Gasteiger partial charge is 0.313 e. The van der Waals surface area contributed by atoms with Gasteiger partial charge in [0, 0.05) is 19.8 Å². The Balaban J connectivity index is 2.04. The molecule has 0 radical (unpaired) electrons. The van der Waals surface area contributed by atoms with Crippen LogP contribution < -0.4 is 5.32 Å². The summed E-state index contributed by atoms with van der Waals surface area (Å²) in [6.45, 7) is 5.85. The molecule has 6 heteroatoms. The molecule has 0 aliphatic rings. The van der Waals surface area contributed by atoms with Crippen molar-refractivity contribution in [2.75, 3.05) is 6.54 Å². The van der Waals surface area contributed by atoms with Gasteiger partial charge < -0.3 is 9.88 Å². The third kappa shape index (κ3) is 3.08. The van der Waals surface area contributed by atoms with E-state index in [9.17, 15) is 0 Å². The van der Waals surface area contributed by atoms with Gasteiger partial charge in [-0.25, -0.2) is 4.98 Å². The van der Waals surface area contributed by atoms with Crippen LogP contribution >= 0.6 is 11.8 Å². The summed E-state index contributed by atoms with van der Waals surface area (Å²) in [5.41, 5.74) is 1.19. The molecule has 0 amide bonds. The highest BCUT2D eigenvalue weighted by molar-refractivity contribution is 7.99. The lowest BCUT2D eigenvalue weighted by Crippen LogP contribution is -2.11. The maximum Gasteiger partial charge on any atom is 0.197 e. The highest BCUT2D eigenvalue weighted by atomic mass is 32.2. The van der Waals surface area contributed by atoms with Crippen molar-refractivity contribution in [1.82, 2.24) is 25.1 Å². The first-order valence-corrected chi connectivity index (χ1v) is 6.72. The lowest BCUT2D eigenvalue weighted by molar-refractivity contribution is 0.722. The number of hydrogen-bond acceptors (Lipinski definition) is 5. The molecule has 0 aliphatic heterocycles. The Bertz CT molecular complexity index is 506. The normalized spacial score (nSPS) is 10.8. The number of hydrogen-bond donors (Lipinski definition) is 1. The standard InChI is InChI=1S/C12H17N5S/c1-4-13-7-10-5-6-11(14-8-10)18-12-16-15-9(2)17(12)3/h5-6,8,13H,4,7H2,1-3H3. The molecule has 2 rings (SSSR count). The maximum atomic E-state index is 4.42. The molecule has 18 heavy (non-hydrogen) atoms. The van der Waals surface area contributed by atoms with Gasteiger partial charge in [0.1, 0.15) is 10.9 Å². The quantitative estimate of drug-likeness (QED) is 0.891. The Labute approximate surface area is 111 Å². The summed E-state index contributed by atoms with van der Waals surface area (Å²) in [7, 11) is 1.96. The van der Waals surface area contributed by atoms with Crippen LogP contribution in [0.25, 0.3) is 0 Å². The minimum Gasteiger partial charge on any atom is -0.313 e. The first kappa shape index (κ1) is 13.0. The van der Waals surface area contributed by atoms with Gasteiger partial charge in [-0.15, -0.1) is 10.2 Å². The summed E-state index contributed by atoms with van der Waals surface area (Å²) in [5.74, 6) is 0.904. The fourth-order valence-corrected chi connectivity index (χ4v) is 2.19. The fraction of sp³-hybridized carbons (Fsp3) is 0.417. The van der Waals surface area contributed by atoms with Crippen LogP contribution in [0.5, 0.6) is 0 Å². The maximum absolute atomic E-state index is 4.42. The second-order valence-corrected chi connectivity index (χ2v) is 4.96. The van der Waals surface area contributed by atoms with E-state index < -0.39 is 0 Å². The van der Waals surface area contributed by atoms with Gasteiger partial charge >= 0.3 is 0 Å². The lowest BCUT2D eigenvalue weighted by Gasteiger charge is -2.03. The third-order valence-corrected chi connectivity index (χ3v) is 3.61. The summed E-state index contributed by atoms with van der Waals surface area (Å²) in [6, 6.07) is 4.10. The van der Waals surface area contributed by atoms with Crippen molar-refractivity contribution < 1.29 is 0 Å². The van der Waals surface area contributed by atoms with E-state index in [0.717, 1.165) is 29.1 Å². The summed E-state index contributed by atoms with van der Waals surface area (Å²) in [4.78, 5) is 4.42. The molecular formula is C12H17N5S. The molecule has 1 N–H and O–H groups in total. The molecule has 2 aromatic heterocycles. The van der Waals surface area contributed by atoms with Gasteiger partial charge in [0.25, 0.3) is 0 Å². The summed E-state index contributed by atoms with van der Waals surface area (Å²) in [5, 5.41) is 13.2. The van der Waals surface area contributed by atoms with Crippen LogP contribution in [-0.4, -0.2) is 26.3 Å². The summed E-state index contributed by atoms with van der Waals surface area (Å²) >= 11 is 1.53. The Morgan fingerprint density at radius 2 is 2.17 bits per heavy atom. The van der Waals surface area contributed by atoms with Gasteiger partial charge in [-0.2, -0.15) is 0 Å². The molecule has 0 unspecified atom stereocenters. The second kappa shape index (κ2) is 5.97. The summed E-state index contributed by atoms with van der Waals surface area (Å²) in [6.07, 6.45) is 1.90. The average molecular weight is 263 g/mol. The van der Waals surface area contributed by atoms with Gasteiger partial charge in [-0.1, -0.05) is 13.0 Å². The number of aromatic nitrogens is 4. The zero-order chi connectivity index (χ0) is 13.0. The zero-order valence-electron chi connectivity index (χ0n) is 10.8. The van der Waals surface area contributed by atoms with Gasteiger partial charge in [-0.05, 0) is 36.9 Å². The van der Waals surface area contributed by atoms with Crippen molar-refractivity contribution in [3.63, 3.8) is 0 Å². The fourth-order valence-electron chi connectivity index (χ4n) is 1.42. The topological polar surface area (TPSA) is 55.6 Å². The SMILES string of the molecule is CCNCc1ccc(Sc2nnc(C)n2C)nc1. The minimum absolute atomic E-state index is 0.859. The van der Waals surface area contributed by atoms with E-state index in [0.29, 0.717) is 0 Å². The predicted octanol–water partition coefficient (Wildman–Crippen LogP) is 1.78. The van der Waals surface area contributed by atoms with Crippen molar-refractivity contribution in [1.29, 1.82) is 0 Å². The molecular weight excluding hydrogens is 246 g/mol. The van der Waals surface area contributed by atoms with E-state index in [1.54, 1.807) is 0 Å². The van der Waals surface area contributed by atoms with E-state index in [2.05, 4.69) is 33.5 Å². The molecule has 96 valence electrons. The van der Waals surface area contributed by atoms with Gasteiger partial charge in [0.15, 0.2) is 5.16 Å². The van der Waals surface area contributed by atoms with Crippen molar-refractivity contribution in [3.8, 4) is 0 Å². The average Bonchev–Trinajstić information content (AvgIpc) is 2.70. The van der Waals surface area contributed by atoms with E-state index >= 15 is 0 Å². The van der Waals surface area contributed by atoms with Crippen LogP contribution in [0, 0.1) is 6.92 Å². The van der Waals surface area contributed by atoms with Crippen molar-refractivity contribution >= 4 is 11.8 Å². The van der Waals surface area contributed by atoms with Crippen LogP contribution in [0.2, 0.25) is 0 Å². The van der Waals surface area contributed by atoms with E-state index in [1.807, 2.05) is 30.8 Å². The lowest BCUT2D eigenvalue weighted by atomic mass is 10.3. The number of pyridine rings is 1.